The van der Waals surface area contributed by atoms with Gasteiger partial charge in [-0.1, -0.05) is 48.5 Å². The molecule has 2 aromatic carbocycles. The van der Waals surface area contributed by atoms with Crippen molar-refractivity contribution in [2.45, 2.75) is 27.4 Å². The fourth-order valence-electron chi connectivity index (χ4n) is 2.62. The normalized spacial score (nSPS) is 10.4. The van der Waals surface area contributed by atoms with Gasteiger partial charge in [-0.3, -0.25) is 0 Å². The van der Waals surface area contributed by atoms with Gasteiger partial charge in [0.15, 0.2) is 0 Å². The number of benzene rings is 2. The molecule has 1 aromatic heterocycles. The lowest BCUT2D eigenvalue weighted by molar-refractivity contribution is 0.0468. The van der Waals surface area contributed by atoms with Crippen molar-refractivity contribution in [2.24, 2.45) is 0 Å². The van der Waals surface area contributed by atoms with Crippen LogP contribution < -0.4 is 4.74 Å². The maximum absolute atomic E-state index is 12.8. The van der Waals surface area contributed by atoms with Crippen LogP contribution in [0, 0.1) is 20.8 Å². The maximum Gasteiger partial charge on any atom is 0.344 e. The number of ether oxygens (including phenoxy) is 2. The fourth-order valence-corrected chi connectivity index (χ4v) is 2.62. The SMILES string of the molecule is Cc1nc(Oc2ccccc2)c(C(=O)OCc2ccccc2)c(C)c1C. The van der Waals surface area contributed by atoms with Crippen molar-refractivity contribution in [3.63, 3.8) is 0 Å². The van der Waals surface area contributed by atoms with Crippen molar-refractivity contribution in [1.82, 2.24) is 4.98 Å². The van der Waals surface area contributed by atoms with Crippen LogP contribution in [0.3, 0.4) is 0 Å². The topological polar surface area (TPSA) is 48.4 Å². The van der Waals surface area contributed by atoms with E-state index in [1.807, 2.05) is 81.4 Å². The van der Waals surface area contributed by atoms with E-state index in [1.165, 1.54) is 0 Å². The Bertz CT molecular complexity index is 906. The summed E-state index contributed by atoms with van der Waals surface area (Å²) in [5, 5.41) is 0. The number of esters is 1. The number of rotatable bonds is 5. The molecule has 4 nitrogen and oxygen atoms in total. The monoisotopic (exact) mass is 347 g/mol. The van der Waals surface area contributed by atoms with E-state index in [2.05, 4.69) is 4.98 Å². The number of pyridine rings is 1. The highest BCUT2D eigenvalue weighted by Crippen LogP contribution is 2.29. The number of carbonyl (C=O) groups is 1. The van der Waals surface area contributed by atoms with Crippen molar-refractivity contribution in [3.8, 4) is 11.6 Å². The van der Waals surface area contributed by atoms with Crippen LogP contribution in [0.4, 0.5) is 0 Å². The minimum absolute atomic E-state index is 0.205. The Morgan fingerprint density at radius 3 is 2.15 bits per heavy atom. The summed E-state index contributed by atoms with van der Waals surface area (Å²) in [6.45, 7) is 5.94. The number of nitrogens with zero attached hydrogens (tertiary/aromatic N) is 1. The molecule has 132 valence electrons. The number of hydrogen-bond acceptors (Lipinski definition) is 4. The van der Waals surface area contributed by atoms with Crippen LogP contribution in [-0.2, 0) is 11.3 Å². The van der Waals surface area contributed by atoms with Crippen LogP contribution in [0.5, 0.6) is 11.6 Å². The standard InChI is InChI=1S/C22H21NO3/c1-15-16(2)20(22(24)25-14-18-10-6-4-7-11-18)21(23-17(15)3)26-19-12-8-5-9-13-19/h4-13H,14H2,1-3H3. The minimum atomic E-state index is -0.437. The van der Waals surface area contributed by atoms with Gasteiger partial charge >= 0.3 is 5.97 Å². The van der Waals surface area contributed by atoms with Crippen LogP contribution in [0.1, 0.15) is 32.7 Å². The highest BCUT2D eigenvalue weighted by Gasteiger charge is 2.22. The lowest BCUT2D eigenvalue weighted by Gasteiger charge is -2.15. The van der Waals surface area contributed by atoms with Crippen molar-refractivity contribution >= 4 is 5.97 Å². The van der Waals surface area contributed by atoms with Gasteiger partial charge in [-0.15, -0.1) is 0 Å². The zero-order valence-electron chi connectivity index (χ0n) is 15.2. The van der Waals surface area contributed by atoms with E-state index >= 15 is 0 Å². The van der Waals surface area contributed by atoms with Crippen molar-refractivity contribution in [3.05, 3.63) is 88.6 Å². The molecule has 1 heterocycles. The minimum Gasteiger partial charge on any atom is -0.457 e. The lowest BCUT2D eigenvalue weighted by Crippen LogP contribution is -2.12. The molecule has 3 rings (SSSR count). The van der Waals surface area contributed by atoms with Gasteiger partial charge in [-0.05, 0) is 49.6 Å². The summed E-state index contributed by atoms with van der Waals surface area (Å²) in [5.74, 6) is 0.461. The molecule has 0 amide bonds. The molecule has 26 heavy (non-hydrogen) atoms. The molecule has 0 aliphatic heterocycles. The molecule has 0 fully saturated rings. The van der Waals surface area contributed by atoms with E-state index in [-0.39, 0.29) is 12.5 Å². The Morgan fingerprint density at radius 2 is 1.50 bits per heavy atom. The summed E-state index contributed by atoms with van der Waals surface area (Å²) >= 11 is 0. The van der Waals surface area contributed by atoms with Crippen LogP contribution >= 0.6 is 0 Å². The van der Waals surface area contributed by atoms with Gasteiger partial charge in [0.2, 0.25) is 5.88 Å². The highest BCUT2D eigenvalue weighted by molar-refractivity contribution is 5.94. The average Bonchev–Trinajstić information content (AvgIpc) is 2.66. The number of para-hydroxylation sites is 1. The fraction of sp³-hybridized carbons (Fsp3) is 0.182. The van der Waals surface area contributed by atoms with Gasteiger partial charge in [0, 0.05) is 5.69 Å². The second-order valence-corrected chi connectivity index (χ2v) is 6.10. The number of aromatic nitrogens is 1. The molecule has 4 heteroatoms. The van der Waals surface area contributed by atoms with E-state index < -0.39 is 5.97 Å². The first-order chi connectivity index (χ1) is 12.6. The van der Waals surface area contributed by atoms with Gasteiger partial charge in [0.25, 0.3) is 0 Å². The van der Waals surface area contributed by atoms with Crippen molar-refractivity contribution in [1.29, 1.82) is 0 Å². The molecule has 0 aliphatic rings. The zero-order valence-corrected chi connectivity index (χ0v) is 15.2. The number of carbonyl (C=O) groups excluding carboxylic acids is 1. The van der Waals surface area contributed by atoms with Crippen LogP contribution in [0.15, 0.2) is 60.7 Å². The third-order valence-electron chi connectivity index (χ3n) is 4.34. The van der Waals surface area contributed by atoms with Crippen molar-refractivity contribution < 1.29 is 14.3 Å². The predicted molar refractivity (Wildman–Crippen MR) is 101 cm³/mol. The molecule has 3 aromatic rings. The zero-order chi connectivity index (χ0) is 18.5. The summed E-state index contributed by atoms with van der Waals surface area (Å²) in [5.41, 5.74) is 3.90. The van der Waals surface area contributed by atoms with Crippen molar-refractivity contribution in [2.75, 3.05) is 0 Å². The molecule has 0 N–H and O–H groups in total. The quantitative estimate of drug-likeness (QED) is 0.598. The van der Waals surface area contributed by atoms with Gasteiger partial charge in [0.05, 0.1) is 0 Å². The van der Waals surface area contributed by atoms with Crippen LogP contribution in [-0.4, -0.2) is 11.0 Å². The summed E-state index contributed by atoms with van der Waals surface area (Å²) in [6.07, 6.45) is 0. The Labute approximate surface area is 153 Å². The second kappa shape index (κ2) is 7.83. The van der Waals surface area contributed by atoms with E-state index in [1.54, 1.807) is 0 Å². The largest absolute Gasteiger partial charge is 0.457 e. The number of aryl methyl sites for hydroxylation is 1. The summed E-state index contributed by atoms with van der Waals surface area (Å²) in [7, 11) is 0. The molecule has 0 unspecified atom stereocenters. The molecular formula is C22H21NO3. The van der Waals surface area contributed by atoms with Crippen LogP contribution in [0.25, 0.3) is 0 Å². The second-order valence-electron chi connectivity index (χ2n) is 6.10. The Kier molecular flexibility index (Phi) is 5.32. The predicted octanol–water partition coefficient (Wildman–Crippen LogP) is 5.16. The van der Waals surface area contributed by atoms with E-state index in [9.17, 15) is 4.79 Å². The molecule has 0 saturated carbocycles. The highest BCUT2D eigenvalue weighted by atomic mass is 16.5. The summed E-state index contributed by atoms with van der Waals surface area (Å²) < 4.78 is 11.4. The molecule has 0 spiro atoms. The first-order valence-electron chi connectivity index (χ1n) is 8.48. The molecular weight excluding hydrogens is 326 g/mol. The van der Waals surface area contributed by atoms with E-state index in [0.717, 1.165) is 22.4 Å². The Morgan fingerprint density at radius 1 is 0.885 bits per heavy atom. The maximum atomic E-state index is 12.8. The molecule has 0 saturated heterocycles. The lowest BCUT2D eigenvalue weighted by atomic mass is 10.0. The molecule has 0 aliphatic carbocycles. The van der Waals surface area contributed by atoms with Gasteiger partial charge < -0.3 is 9.47 Å². The van der Waals surface area contributed by atoms with Gasteiger partial charge in [-0.2, -0.15) is 0 Å². The van der Waals surface area contributed by atoms with E-state index in [0.29, 0.717) is 11.3 Å². The van der Waals surface area contributed by atoms with E-state index in [4.69, 9.17) is 9.47 Å². The third kappa shape index (κ3) is 3.91. The first kappa shape index (κ1) is 17.7. The van der Waals surface area contributed by atoms with Crippen LogP contribution in [0.2, 0.25) is 0 Å². The summed E-state index contributed by atoms with van der Waals surface area (Å²) in [6, 6.07) is 18.9. The average molecular weight is 347 g/mol. The Balaban J connectivity index is 1.91. The van der Waals surface area contributed by atoms with Gasteiger partial charge in [0.1, 0.15) is 17.9 Å². The first-order valence-corrected chi connectivity index (χ1v) is 8.48. The third-order valence-corrected chi connectivity index (χ3v) is 4.34. The molecule has 0 bridgehead atoms. The molecule has 0 radical (unpaired) electrons. The van der Waals surface area contributed by atoms with Gasteiger partial charge in [-0.25, -0.2) is 9.78 Å². The number of hydrogen-bond donors (Lipinski definition) is 0. The smallest absolute Gasteiger partial charge is 0.344 e. The molecule has 0 atom stereocenters. The summed E-state index contributed by atoms with van der Waals surface area (Å²) in [4.78, 5) is 17.3. The Hall–Kier alpha value is -3.14.